The van der Waals surface area contributed by atoms with E-state index in [1.165, 1.54) is 11.3 Å². The number of aromatic nitrogens is 2. The molecule has 2 aromatic heterocycles. The Morgan fingerprint density at radius 1 is 1.23 bits per heavy atom. The first kappa shape index (κ1) is 15.2. The summed E-state index contributed by atoms with van der Waals surface area (Å²) in [6.45, 7) is 2.22. The summed E-state index contributed by atoms with van der Waals surface area (Å²) >= 11 is 1.28. The van der Waals surface area contributed by atoms with E-state index in [0.29, 0.717) is 17.2 Å². The largest absolute Gasteiger partial charge is 0.331 e. The molecule has 1 N–H and O–H groups in total. The van der Waals surface area contributed by atoms with Crippen molar-refractivity contribution in [3.8, 4) is 0 Å². The van der Waals surface area contributed by atoms with E-state index in [0.717, 1.165) is 21.7 Å². The molecular formula is C15H17N3O2S2. The second-order valence-corrected chi connectivity index (χ2v) is 8.37. The Hall–Kier alpha value is -1.70. The standard InChI is InChI=1S/C15H17N3O2S2/c1-11-7-8-15(21-11)22(19,20)16-10-9-14-17-12-5-3-4-6-13(12)18(14)2/h3-8,16H,9-10H2,1-2H3. The predicted molar refractivity (Wildman–Crippen MR) is 88.7 cm³/mol. The highest BCUT2D eigenvalue weighted by molar-refractivity contribution is 7.91. The van der Waals surface area contributed by atoms with Crippen LogP contribution in [-0.2, 0) is 23.5 Å². The number of imidazole rings is 1. The van der Waals surface area contributed by atoms with Crippen LogP contribution in [0.15, 0.2) is 40.6 Å². The van der Waals surface area contributed by atoms with Crippen molar-refractivity contribution in [2.24, 2.45) is 7.05 Å². The van der Waals surface area contributed by atoms with Gasteiger partial charge in [-0.3, -0.25) is 0 Å². The van der Waals surface area contributed by atoms with E-state index in [4.69, 9.17) is 0 Å². The minimum atomic E-state index is -3.42. The third-order valence-electron chi connectivity index (χ3n) is 3.50. The first-order valence-electron chi connectivity index (χ1n) is 6.94. The lowest BCUT2D eigenvalue weighted by Crippen LogP contribution is -2.26. The maximum Gasteiger partial charge on any atom is 0.250 e. The number of sulfonamides is 1. The molecule has 2 heterocycles. The average molecular weight is 335 g/mol. The number of rotatable bonds is 5. The lowest BCUT2D eigenvalue weighted by Gasteiger charge is -2.05. The molecule has 22 heavy (non-hydrogen) atoms. The first-order chi connectivity index (χ1) is 10.5. The van der Waals surface area contributed by atoms with Gasteiger partial charge in [-0.15, -0.1) is 11.3 Å². The average Bonchev–Trinajstić information content (AvgIpc) is 3.05. The fourth-order valence-electron chi connectivity index (χ4n) is 2.34. The molecule has 0 aliphatic heterocycles. The fourth-order valence-corrected chi connectivity index (χ4v) is 4.70. The molecule has 0 saturated carbocycles. The summed E-state index contributed by atoms with van der Waals surface area (Å²) in [5.41, 5.74) is 1.98. The van der Waals surface area contributed by atoms with Crippen LogP contribution < -0.4 is 4.72 Å². The topological polar surface area (TPSA) is 64.0 Å². The van der Waals surface area contributed by atoms with Crippen LogP contribution >= 0.6 is 11.3 Å². The van der Waals surface area contributed by atoms with Crippen molar-refractivity contribution in [1.82, 2.24) is 14.3 Å². The Balaban J connectivity index is 1.71. The van der Waals surface area contributed by atoms with Crippen molar-refractivity contribution in [2.75, 3.05) is 6.54 Å². The zero-order valence-corrected chi connectivity index (χ0v) is 14.0. The van der Waals surface area contributed by atoms with Gasteiger partial charge in [-0.25, -0.2) is 18.1 Å². The van der Waals surface area contributed by atoms with Crippen LogP contribution in [0.2, 0.25) is 0 Å². The number of nitrogens with one attached hydrogen (secondary N) is 1. The van der Waals surface area contributed by atoms with E-state index in [2.05, 4.69) is 9.71 Å². The molecule has 0 unspecified atom stereocenters. The summed E-state index contributed by atoms with van der Waals surface area (Å²) in [5.74, 6) is 0.867. The molecule has 0 aliphatic rings. The van der Waals surface area contributed by atoms with Crippen LogP contribution in [0.1, 0.15) is 10.7 Å². The number of benzene rings is 1. The van der Waals surface area contributed by atoms with Crippen LogP contribution in [-0.4, -0.2) is 24.5 Å². The Kier molecular flexibility index (Phi) is 4.03. The quantitative estimate of drug-likeness (QED) is 0.779. The second-order valence-electron chi connectivity index (χ2n) is 5.09. The molecular weight excluding hydrogens is 318 g/mol. The maximum absolute atomic E-state index is 12.2. The monoisotopic (exact) mass is 335 g/mol. The molecule has 3 rings (SSSR count). The summed E-state index contributed by atoms with van der Waals surface area (Å²) in [4.78, 5) is 5.52. The number of aryl methyl sites for hydroxylation is 2. The third kappa shape index (κ3) is 2.92. The molecule has 0 fully saturated rings. The Morgan fingerprint density at radius 3 is 2.68 bits per heavy atom. The van der Waals surface area contributed by atoms with Crippen LogP contribution in [0, 0.1) is 6.92 Å². The number of fused-ring (bicyclic) bond motifs is 1. The zero-order valence-electron chi connectivity index (χ0n) is 12.4. The van der Waals surface area contributed by atoms with Gasteiger partial charge in [-0.05, 0) is 31.2 Å². The van der Waals surface area contributed by atoms with E-state index in [9.17, 15) is 8.42 Å². The van der Waals surface area contributed by atoms with Gasteiger partial charge in [-0.1, -0.05) is 12.1 Å². The molecule has 0 spiro atoms. The van der Waals surface area contributed by atoms with E-state index in [1.54, 1.807) is 6.07 Å². The molecule has 3 aromatic rings. The molecule has 0 aliphatic carbocycles. The van der Waals surface area contributed by atoms with Gasteiger partial charge in [0.15, 0.2) is 0 Å². The van der Waals surface area contributed by atoms with Gasteiger partial charge in [-0.2, -0.15) is 0 Å². The lowest BCUT2D eigenvalue weighted by molar-refractivity contribution is 0.582. The minimum Gasteiger partial charge on any atom is -0.331 e. The van der Waals surface area contributed by atoms with Crippen molar-refractivity contribution in [3.63, 3.8) is 0 Å². The molecule has 0 bridgehead atoms. The number of para-hydroxylation sites is 2. The van der Waals surface area contributed by atoms with E-state index in [1.807, 2.05) is 48.9 Å². The zero-order chi connectivity index (χ0) is 15.7. The lowest BCUT2D eigenvalue weighted by atomic mass is 10.3. The van der Waals surface area contributed by atoms with Gasteiger partial charge in [0.25, 0.3) is 0 Å². The van der Waals surface area contributed by atoms with Gasteiger partial charge in [0.1, 0.15) is 10.0 Å². The SMILES string of the molecule is Cc1ccc(S(=O)(=O)NCCc2nc3ccccc3n2C)s1. The van der Waals surface area contributed by atoms with E-state index < -0.39 is 10.0 Å². The van der Waals surface area contributed by atoms with E-state index in [-0.39, 0.29) is 0 Å². The number of nitrogens with zero attached hydrogens (tertiary/aromatic N) is 2. The van der Waals surface area contributed by atoms with Gasteiger partial charge < -0.3 is 4.57 Å². The van der Waals surface area contributed by atoms with Crippen LogP contribution in [0.25, 0.3) is 11.0 Å². The third-order valence-corrected chi connectivity index (χ3v) is 6.45. The number of thiophene rings is 1. The van der Waals surface area contributed by atoms with Gasteiger partial charge >= 0.3 is 0 Å². The summed E-state index contributed by atoms with van der Waals surface area (Å²) in [7, 11) is -1.47. The van der Waals surface area contributed by atoms with Gasteiger partial charge in [0, 0.05) is 24.9 Å². The van der Waals surface area contributed by atoms with Gasteiger partial charge in [0.05, 0.1) is 11.0 Å². The fraction of sp³-hybridized carbons (Fsp3) is 0.267. The molecule has 116 valence electrons. The Labute approximate surface area is 133 Å². The van der Waals surface area contributed by atoms with Crippen molar-refractivity contribution in [2.45, 2.75) is 17.6 Å². The van der Waals surface area contributed by atoms with Gasteiger partial charge in [0.2, 0.25) is 10.0 Å². The molecule has 7 heteroatoms. The van der Waals surface area contributed by atoms with Crippen molar-refractivity contribution in [3.05, 3.63) is 47.1 Å². The van der Waals surface area contributed by atoms with Crippen LogP contribution in [0.5, 0.6) is 0 Å². The smallest absolute Gasteiger partial charge is 0.250 e. The summed E-state index contributed by atoms with van der Waals surface area (Å²) in [6.07, 6.45) is 0.550. The summed E-state index contributed by atoms with van der Waals surface area (Å²) in [6, 6.07) is 11.3. The van der Waals surface area contributed by atoms with Crippen molar-refractivity contribution >= 4 is 32.4 Å². The van der Waals surface area contributed by atoms with Crippen LogP contribution in [0.3, 0.4) is 0 Å². The molecule has 0 saturated heterocycles. The summed E-state index contributed by atoms with van der Waals surface area (Å²) < 4.78 is 29.3. The predicted octanol–water partition coefficient (Wildman–Crippen LogP) is 2.46. The highest BCUT2D eigenvalue weighted by atomic mass is 32.2. The molecule has 0 radical (unpaired) electrons. The normalized spacial score (nSPS) is 12.1. The molecule has 0 amide bonds. The Bertz CT molecular complexity index is 910. The second kappa shape index (κ2) is 5.83. The summed E-state index contributed by atoms with van der Waals surface area (Å²) in [5, 5.41) is 0. The molecule has 0 atom stereocenters. The molecule has 1 aromatic carbocycles. The van der Waals surface area contributed by atoms with Crippen molar-refractivity contribution in [1.29, 1.82) is 0 Å². The molecule has 5 nitrogen and oxygen atoms in total. The minimum absolute atomic E-state index is 0.330. The highest BCUT2D eigenvalue weighted by Gasteiger charge is 2.16. The maximum atomic E-state index is 12.2. The first-order valence-corrected chi connectivity index (χ1v) is 9.24. The Morgan fingerprint density at radius 2 is 2.00 bits per heavy atom. The van der Waals surface area contributed by atoms with E-state index >= 15 is 0 Å². The van der Waals surface area contributed by atoms with Crippen molar-refractivity contribution < 1.29 is 8.42 Å². The van der Waals surface area contributed by atoms with Crippen LogP contribution in [0.4, 0.5) is 0 Å². The highest BCUT2D eigenvalue weighted by Crippen LogP contribution is 2.20. The number of hydrogen-bond acceptors (Lipinski definition) is 4. The number of hydrogen-bond donors (Lipinski definition) is 1.